The zero-order chi connectivity index (χ0) is 23.9. The predicted molar refractivity (Wildman–Crippen MR) is 131 cm³/mol. The molecule has 2 aromatic carbocycles. The van der Waals surface area contributed by atoms with Crippen molar-refractivity contribution in [3.05, 3.63) is 59.7 Å². The lowest BCUT2D eigenvalue weighted by Crippen LogP contribution is -2.48. The van der Waals surface area contributed by atoms with Crippen LogP contribution >= 0.6 is 0 Å². The first kappa shape index (κ1) is 23.4. The van der Waals surface area contributed by atoms with Crippen LogP contribution in [-0.4, -0.2) is 27.0 Å². The molecular formula is C27H34N2O4S. The van der Waals surface area contributed by atoms with Crippen molar-refractivity contribution in [1.29, 1.82) is 0 Å². The summed E-state index contributed by atoms with van der Waals surface area (Å²) in [4.78, 5) is 12.6. The van der Waals surface area contributed by atoms with Gasteiger partial charge in [-0.25, -0.2) is 13.6 Å². The monoisotopic (exact) mass is 482 g/mol. The van der Waals surface area contributed by atoms with Crippen molar-refractivity contribution in [2.75, 3.05) is 6.54 Å². The van der Waals surface area contributed by atoms with Crippen LogP contribution in [0.15, 0.2) is 53.4 Å². The fraction of sp³-hybridized carbons (Fsp3) is 0.519. The lowest BCUT2D eigenvalue weighted by atomic mass is 9.48. The number of hydrogen-bond donors (Lipinski definition) is 2. The Morgan fingerprint density at radius 2 is 1.56 bits per heavy atom. The average Bonchev–Trinajstić information content (AvgIpc) is 2.78. The van der Waals surface area contributed by atoms with Crippen molar-refractivity contribution >= 4 is 15.9 Å². The number of sulfonamides is 1. The molecule has 4 bridgehead atoms. The molecule has 0 saturated heterocycles. The number of primary sulfonamides is 1. The number of nitrogens with two attached hydrogens (primary N) is 1. The van der Waals surface area contributed by atoms with Gasteiger partial charge in [0, 0.05) is 6.54 Å². The molecule has 1 amide bonds. The first-order valence-electron chi connectivity index (χ1n) is 12.4. The molecule has 6 nitrogen and oxygen atoms in total. The van der Waals surface area contributed by atoms with Crippen LogP contribution in [0.5, 0.6) is 5.75 Å². The maximum Gasteiger partial charge on any atom is 0.260 e. The van der Waals surface area contributed by atoms with E-state index >= 15 is 0 Å². The molecule has 1 atom stereocenters. The number of benzene rings is 2. The third-order valence-electron chi connectivity index (χ3n) is 8.15. The average molecular weight is 483 g/mol. The Bertz CT molecular complexity index is 1110. The minimum Gasteiger partial charge on any atom is -0.481 e. The molecular weight excluding hydrogens is 448 g/mol. The summed E-state index contributed by atoms with van der Waals surface area (Å²) in [5.41, 5.74) is 2.73. The Labute approximate surface area is 202 Å². The van der Waals surface area contributed by atoms with Gasteiger partial charge in [-0.15, -0.1) is 0 Å². The van der Waals surface area contributed by atoms with E-state index in [0.29, 0.717) is 18.4 Å². The van der Waals surface area contributed by atoms with Gasteiger partial charge in [0.2, 0.25) is 10.0 Å². The van der Waals surface area contributed by atoms with Gasteiger partial charge in [-0.2, -0.15) is 0 Å². The predicted octanol–water partition coefficient (Wildman–Crippen LogP) is 3.93. The summed E-state index contributed by atoms with van der Waals surface area (Å²) in [7, 11) is -3.70. The van der Waals surface area contributed by atoms with Crippen LogP contribution in [0.4, 0.5) is 0 Å². The van der Waals surface area contributed by atoms with E-state index < -0.39 is 16.1 Å². The molecule has 0 spiro atoms. The molecule has 0 aromatic heterocycles. The van der Waals surface area contributed by atoms with Crippen LogP contribution in [0.2, 0.25) is 0 Å². The molecule has 0 radical (unpaired) electrons. The first-order valence-corrected chi connectivity index (χ1v) is 13.9. The van der Waals surface area contributed by atoms with Gasteiger partial charge in [-0.3, -0.25) is 4.79 Å². The van der Waals surface area contributed by atoms with Gasteiger partial charge in [-0.05, 0) is 110 Å². The van der Waals surface area contributed by atoms with Gasteiger partial charge in [0.1, 0.15) is 5.75 Å². The lowest BCUT2D eigenvalue weighted by Gasteiger charge is -2.57. The molecule has 7 heteroatoms. The van der Waals surface area contributed by atoms with Crippen LogP contribution in [0, 0.1) is 17.8 Å². The van der Waals surface area contributed by atoms with Crippen molar-refractivity contribution < 1.29 is 17.9 Å². The Balaban J connectivity index is 1.12. The van der Waals surface area contributed by atoms with Crippen molar-refractivity contribution in [2.45, 2.75) is 68.3 Å². The lowest BCUT2D eigenvalue weighted by molar-refractivity contribution is -0.127. The van der Waals surface area contributed by atoms with Crippen LogP contribution in [0.3, 0.4) is 0 Å². The minimum absolute atomic E-state index is 0.0801. The Morgan fingerprint density at radius 3 is 2.09 bits per heavy atom. The van der Waals surface area contributed by atoms with Crippen molar-refractivity contribution in [2.24, 2.45) is 22.9 Å². The highest BCUT2D eigenvalue weighted by Crippen LogP contribution is 2.60. The molecule has 1 unspecified atom stereocenters. The second-order valence-electron chi connectivity index (χ2n) is 10.7. The van der Waals surface area contributed by atoms with E-state index in [-0.39, 0.29) is 10.8 Å². The van der Waals surface area contributed by atoms with E-state index in [9.17, 15) is 13.2 Å². The summed E-state index contributed by atoms with van der Waals surface area (Å²) in [5, 5.41) is 8.01. The minimum atomic E-state index is -3.70. The van der Waals surface area contributed by atoms with Crippen LogP contribution < -0.4 is 15.2 Å². The van der Waals surface area contributed by atoms with E-state index in [1.165, 1.54) is 56.2 Å². The van der Waals surface area contributed by atoms with Gasteiger partial charge >= 0.3 is 0 Å². The largest absolute Gasteiger partial charge is 0.481 e. The van der Waals surface area contributed by atoms with Gasteiger partial charge in [0.25, 0.3) is 5.91 Å². The number of nitrogens with one attached hydrogen (secondary N) is 1. The highest BCUT2D eigenvalue weighted by Gasteiger charge is 2.51. The van der Waals surface area contributed by atoms with Crippen molar-refractivity contribution in [3.63, 3.8) is 0 Å². The topological polar surface area (TPSA) is 98.5 Å². The van der Waals surface area contributed by atoms with Gasteiger partial charge in [0.15, 0.2) is 6.10 Å². The standard InChI is InChI=1S/C27H34N2O4S/c1-18(26(30)29-11-10-19-2-8-25(9-3-19)34(28,31)32)33-24-6-4-23(5-7-24)27-15-20-12-21(16-27)14-22(13-20)17-27/h2-9,18,20-22H,10-17H2,1H3,(H,29,30)(H2,28,31,32). The summed E-state index contributed by atoms with van der Waals surface area (Å²) in [6.45, 7) is 2.19. The third-order valence-corrected chi connectivity index (χ3v) is 9.08. The van der Waals surface area contributed by atoms with Crippen LogP contribution in [0.1, 0.15) is 56.6 Å². The molecule has 2 aromatic rings. The molecule has 182 valence electrons. The Hall–Kier alpha value is -2.38. The van der Waals surface area contributed by atoms with Gasteiger partial charge in [0.05, 0.1) is 4.90 Å². The second-order valence-corrected chi connectivity index (χ2v) is 12.3. The molecule has 3 N–H and O–H groups in total. The fourth-order valence-corrected chi connectivity index (χ4v) is 7.44. The molecule has 4 aliphatic carbocycles. The summed E-state index contributed by atoms with van der Waals surface area (Å²) in [6.07, 6.45) is 8.31. The number of carbonyl (C=O) groups excluding carboxylic acids is 1. The Kier molecular flexibility index (Phi) is 6.19. The van der Waals surface area contributed by atoms with Gasteiger partial charge in [-0.1, -0.05) is 24.3 Å². The zero-order valence-electron chi connectivity index (χ0n) is 19.7. The van der Waals surface area contributed by atoms with E-state index in [4.69, 9.17) is 9.88 Å². The first-order chi connectivity index (χ1) is 16.2. The molecule has 4 saturated carbocycles. The number of ether oxygens (including phenoxy) is 1. The molecule has 0 aliphatic heterocycles. The molecule has 4 aliphatic rings. The van der Waals surface area contributed by atoms with E-state index in [0.717, 1.165) is 29.1 Å². The summed E-state index contributed by atoms with van der Waals surface area (Å²) in [6, 6.07) is 14.8. The zero-order valence-corrected chi connectivity index (χ0v) is 20.5. The van der Waals surface area contributed by atoms with E-state index in [1.807, 2.05) is 12.1 Å². The highest BCUT2D eigenvalue weighted by molar-refractivity contribution is 7.89. The number of amides is 1. The smallest absolute Gasteiger partial charge is 0.260 e. The molecule has 4 fully saturated rings. The van der Waals surface area contributed by atoms with E-state index in [2.05, 4.69) is 17.4 Å². The highest BCUT2D eigenvalue weighted by atomic mass is 32.2. The maximum atomic E-state index is 12.5. The second kappa shape index (κ2) is 9.00. The fourth-order valence-electron chi connectivity index (χ4n) is 6.93. The van der Waals surface area contributed by atoms with Crippen molar-refractivity contribution in [1.82, 2.24) is 5.32 Å². The van der Waals surface area contributed by atoms with Crippen LogP contribution in [0.25, 0.3) is 0 Å². The molecule has 34 heavy (non-hydrogen) atoms. The molecule has 6 rings (SSSR count). The summed E-state index contributed by atoms with van der Waals surface area (Å²) >= 11 is 0. The molecule has 0 heterocycles. The quantitative estimate of drug-likeness (QED) is 0.596. The van der Waals surface area contributed by atoms with Crippen LogP contribution in [-0.2, 0) is 26.7 Å². The van der Waals surface area contributed by atoms with Gasteiger partial charge < -0.3 is 10.1 Å². The normalized spacial score (nSPS) is 28.5. The van der Waals surface area contributed by atoms with E-state index in [1.54, 1.807) is 19.1 Å². The summed E-state index contributed by atoms with van der Waals surface area (Å²) < 4.78 is 28.6. The van der Waals surface area contributed by atoms with Crippen molar-refractivity contribution in [3.8, 4) is 5.75 Å². The Morgan fingerprint density at radius 1 is 1.00 bits per heavy atom. The number of hydrogen-bond acceptors (Lipinski definition) is 4. The number of rotatable bonds is 8. The SMILES string of the molecule is CC(Oc1ccc(C23CC4CC(CC(C4)C2)C3)cc1)C(=O)NCCc1ccc(S(N)(=O)=O)cc1. The maximum absolute atomic E-state index is 12.5. The number of carbonyl (C=O) groups is 1. The summed E-state index contributed by atoms with van der Waals surface area (Å²) in [5.74, 6) is 3.29. The third kappa shape index (κ3) is 4.86.